The normalized spacial score (nSPS) is 19.8. The van der Waals surface area contributed by atoms with Crippen LogP contribution in [0.25, 0.3) is 0 Å². The highest BCUT2D eigenvalue weighted by Gasteiger charge is 2.17. The van der Waals surface area contributed by atoms with Crippen LogP contribution in [-0.2, 0) is 4.79 Å². The molecule has 1 N–H and O–H groups in total. The van der Waals surface area contributed by atoms with E-state index in [4.69, 9.17) is 0 Å². The van der Waals surface area contributed by atoms with Crippen LogP contribution < -0.4 is 0 Å². The van der Waals surface area contributed by atoms with Crippen LogP contribution in [0.4, 0.5) is 0 Å². The monoisotopic (exact) mass is 170 g/mol. The summed E-state index contributed by atoms with van der Waals surface area (Å²) in [7, 11) is 0. The lowest BCUT2D eigenvalue weighted by molar-refractivity contribution is -0.133. The van der Waals surface area contributed by atoms with Gasteiger partial charge in [-0.25, -0.2) is 5.01 Å². The zero-order chi connectivity index (χ0) is 8.97. The van der Waals surface area contributed by atoms with Gasteiger partial charge in [-0.1, -0.05) is 6.92 Å². The van der Waals surface area contributed by atoms with Crippen LogP contribution in [0.1, 0.15) is 26.2 Å². The smallest absolute Gasteiger partial charge is 0.243 e. The lowest BCUT2D eigenvalue weighted by Gasteiger charge is -2.21. The zero-order valence-electron chi connectivity index (χ0n) is 7.23. The summed E-state index contributed by atoms with van der Waals surface area (Å²) >= 11 is 0. The number of hydrogen-bond acceptors (Lipinski definition) is 3. The minimum atomic E-state index is -0.454. The van der Waals surface area contributed by atoms with Crippen LogP contribution in [0, 0.1) is 0 Å². The van der Waals surface area contributed by atoms with Crippen LogP contribution in [0.3, 0.4) is 0 Å². The van der Waals surface area contributed by atoms with E-state index < -0.39 is 6.10 Å². The first-order valence-corrected chi connectivity index (χ1v) is 4.25. The van der Waals surface area contributed by atoms with Crippen molar-refractivity contribution in [1.29, 1.82) is 0 Å². The molecule has 4 heteroatoms. The fraction of sp³-hybridized carbons (Fsp3) is 0.750. The number of β-amino-alcohol motifs (C(OH)–C–C–N with tert-alkyl or cyclic N) is 1. The van der Waals surface area contributed by atoms with E-state index in [0.29, 0.717) is 19.4 Å². The van der Waals surface area contributed by atoms with Gasteiger partial charge in [-0.2, -0.15) is 5.10 Å². The molecule has 0 aromatic carbocycles. The number of hydrazone groups is 1. The summed E-state index contributed by atoms with van der Waals surface area (Å²) in [4.78, 5) is 11.1. The number of carbonyl (C=O) groups excluding carboxylic acids is 1. The van der Waals surface area contributed by atoms with Gasteiger partial charge in [0.2, 0.25) is 5.91 Å². The molecule has 0 aliphatic carbocycles. The van der Waals surface area contributed by atoms with E-state index >= 15 is 0 Å². The number of rotatable bonds is 3. The Morgan fingerprint density at radius 2 is 2.58 bits per heavy atom. The lowest BCUT2D eigenvalue weighted by Crippen LogP contribution is -2.35. The first-order valence-electron chi connectivity index (χ1n) is 4.25. The molecule has 0 spiro atoms. The van der Waals surface area contributed by atoms with E-state index in [9.17, 15) is 9.90 Å². The fourth-order valence-electron chi connectivity index (χ4n) is 1.02. The number of aliphatic hydroxyl groups excluding tert-OH is 1. The molecule has 1 unspecified atom stereocenters. The Bertz CT molecular complexity index is 191. The topological polar surface area (TPSA) is 52.9 Å². The third-order valence-corrected chi connectivity index (χ3v) is 1.85. The quantitative estimate of drug-likeness (QED) is 0.665. The molecule has 0 saturated carbocycles. The summed E-state index contributed by atoms with van der Waals surface area (Å²) in [5.74, 6) is 0.00463. The van der Waals surface area contributed by atoms with E-state index in [1.807, 2.05) is 6.92 Å². The Morgan fingerprint density at radius 3 is 3.17 bits per heavy atom. The largest absolute Gasteiger partial charge is 0.391 e. The number of hydrogen-bond donors (Lipinski definition) is 1. The second kappa shape index (κ2) is 4.21. The zero-order valence-corrected chi connectivity index (χ0v) is 7.23. The molecule has 4 nitrogen and oxygen atoms in total. The Kier molecular flexibility index (Phi) is 3.22. The van der Waals surface area contributed by atoms with Gasteiger partial charge in [0.25, 0.3) is 0 Å². The molecular formula is C8H14N2O2. The summed E-state index contributed by atoms with van der Waals surface area (Å²) in [5, 5.41) is 14.5. The van der Waals surface area contributed by atoms with Crippen LogP contribution in [0.5, 0.6) is 0 Å². The molecule has 1 atom stereocenters. The van der Waals surface area contributed by atoms with Gasteiger partial charge in [-0.05, 0) is 12.8 Å². The van der Waals surface area contributed by atoms with Crippen molar-refractivity contribution in [3.63, 3.8) is 0 Å². The molecule has 0 saturated heterocycles. The van der Waals surface area contributed by atoms with Crippen LogP contribution in [0.15, 0.2) is 5.10 Å². The number of carbonyl (C=O) groups is 1. The van der Waals surface area contributed by atoms with Gasteiger partial charge in [0.15, 0.2) is 0 Å². The van der Waals surface area contributed by atoms with Gasteiger partial charge in [-0.3, -0.25) is 4.79 Å². The molecule has 0 fully saturated rings. The van der Waals surface area contributed by atoms with Crippen LogP contribution in [0.2, 0.25) is 0 Å². The first-order chi connectivity index (χ1) is 5.74. The van der Waals surface area contributed by atoms with Crippen molar-refractivity contribution in [3.8, 4) is 0 Å². The van der Waals surface area contributed by atoms with Crippen molar-refractivity contribution in [3.05, 3.63) is 0 Å². The molecule has 0 radical (unpaired) electrons. The van der Waals surface area contributed by atoms with Gasteiger partial charge in [-0.15, -0.1) is 0 Å². The Hall–Kier alpha value is -0.900. The predicted octanol–water partition coefficient (Wildman–Crippen LogP) is 0.365. The van der Waals surface area contributed by atoms with Gasteiger partial charge in [0, 0.05) is 12.6 Å². The van der Waals surface area contributed by atoms with Crippen molar-refractivity contribution in [1.82, 2.24) is 5.01 Å². The molecule has 0 aromatic heterocycles. The first kappa shape index (κ1) is 9.19. The Morgan fingerprint density at radius 1 is 1.83 bits per heavy atom. The molecule has 1 heterocycles. The maximum Gasteiger partial charge on any atom is 0.243 e. The maximum atomic E-state index is 11.1. The molecule has 0 aromatic rings. The third kappa shape index (κ3) is 2.30. The summed E-state index contributed by atoms with van der Waals surface area (Å²) < 4.78 is 0. The van der Waals surface area contributed by atoms with Crippen LogP contribution in [-0.4, -0.2) is 34.9 Å². The Balaban J connectivity index is 2.44. The van der Waals surface area contributed by atoms with Gasteiger partial charge in [0.1, 0.15) is 0 Å². The number of amides is 1. The maximum absolute atomic E-state index is 11.1. The van der Waals surface area contributed by atoms with Crippen molar-refractivity contribution in [2.24, 2.45) is 5.10 Å². The molecule has 0 bridgehead atoms. The lowest BCUT2D eigenvalue weighted by atomic mass is 10.2. The molecular weight excluding hydrogens is 156 g/mol. The van der Waals surface area contributed by atoms with Crippen molar-refractivity contribution >= 4 is 12.1 Å². The predicted molar refractivity (Wildman–Crippen MR) is 45.7 cm³/mol. The second-order valence-electron chi connectivity index (χ2n) is 2.87. The average molecular weight is 170 g/mol. The van der Waals surface area contributed by atoms with E-state index in [1.165, 1.54) is 5.01 Å². The number of nitrogens with zero attached hydrogens (tertiary/aromatic N) is 2. The second-order valence-corrected chi connectivity index (χ2v) is 2.87. The molecule has 1 aliphatic rings. The number of aliphatic hydroxyl groups is 1. The minimum absolute atomic E-state index is 0.00463. The molecule has 68 valence electrons. The van der Waals surface area contributed by atoms with Gasteiger partial charge in [0.05, 0.1) is 12.6 Å². The average Bonchev–Trinajstić information content (AvgIpc) is 2.09. The van der Waals surface area contributed by atoms with Crippen molar-refractivity contribution < 1.29 is 9.90 Å². The fourth-order valence-corrected chi connectivity index (χ4v) is 1.02. The molecule has 12 heavy (non-hydrogen) atoms. The summed E-state index contributed by atoms with van der Waals surface area (Å²) in [6, 6.07) is 0. The van der Waals surface area contributed by atoms with Crippen molar-refractivity contribution in [2.45, 2.75) is 32.3 Å². The highest BCUT2D eigenvalue weighted by Crippen LogP contribution is 2.05. The summed E-state index contributed by atoms with van der Waals surface area (Å²) in [6.45, 7) is 2.20. The highest BCUT2D eigenvalue weighted by atomic mass is 16.3. The van der Waals surface area contributed by atoms with Crippen LogP contribution >= 0.6 is 0 Å². The van der Waals surface area contributed by atoms with E-state index in [0.717, 1.165) is 6.42 Å². The Labute approximate surface area is 71.9 Å². The third-order valence-electron chi connectivity index (χ3n) is 1.85. The molecule has 1 rings (SSSR count). The van der Waals surface area contributed by atoms with E-state index in [2.05, 4.69) is 5.10 Å². The molecule has 1 aliphatic heterocycles. The summed E-state index contributed by atoms with van der Waals surface area (Å²) in [5.41, 5.74) is 0. The molecule has 1 amide bonds. The SMILES string of the molecule is CCC(O)CN1N=CCCC1=O. The summed E-state index contributed by atoms with van der Waals surface area (Å²) in [6.07, 6.45) is 3.14. The van der Waals surface area contributed by atoms with Crippen molar-refractivity contribution in [2.75, 3.05) is 6.54 Å². The standard InChI is InChI=1S/C8H14N2O2/c1-2-7(11)6-10-8(12)4-3-5-9-10/h5,7,11H,2-4,6H2,1H3. The van der Waals surface area contributed by atoms with E-state index in [-0.39, 0.29) is 5.91 Å². The van der Waals surface area contributed by atoms with Gasteiger partial charge < -0.3 is 5.11 Å². The highest BCUT2D eigenvalue weighted by molar-refractivity contribution is 5.82. The van der Waals surface area contributed by atoms with Gasteiger partial charge >= 0.3 is 0 Å². The minimum Gasteiger partial charge on any atom is -0.391 e. The van der Waals surface area contributed by atoms with E-state index in [1.54, 1.807) is 6.21 Å².